The fourth-order valence-electron chi connectivity index (χ4n) is 1.95. The molecule has 0 aliphatic rings. The van der Waals surface area contributed by atoms with E-state index in [0.29, 0.717) is 13.0 Å². The van der Waals surface area contributed by atoms with Gasteiger partial charge in [0.2, 0.25) is 0 Å². The number of nitrogens with one attached hydrogen (secondary N) is 1. The van der Waals surface area contributed by atoms with Crippen LogP contribution in [0.15, 0.2) is 24.4 Å². The molecule has 0 saturated carbocycles. The van der Waals surface area contributed by atoms with Gasteiger partial charge in [-0.15, -0.1) is 0 Å². The molecule has 0 aliphatic carbocycles. The van der Waals surface area contributed by atoms with E-state index < -0.39 is 0 Å². The summed E-state index contributed by atoms with van der Waals surface area (Å²) in [5.41, 5.74) is 10.4. The largest absolute Gasteiger partial charge is 0.340 e. The summed E-state index contributed by atoms with van der Waals surface area (Å²) >= 11 is 0. The molecule has 0 spiro atoms. The highest BCUT2D eigenvalue weighted by atomic mass is 15.0. The van der Waals surface area contributed by atoms with Gasteiger partial charge >= 0.3 is 0 Å². The molecule has 1 heterocycles. The summed E-state index contributed by atoms with van der Waals surface area (Å²) in [5, 5.41) is 3.35. The maximum absolute atomic E-state index is 5.52. The van der Waals surface area contributed by atoms with E-state index in [9.17, 15) is 0 Å². The van der Waals surface area contributed by atoms with Crippen molar-refractivity contribution in [3.63, 3.8) is 0 Å². The average Bonchev–Trinajstić information content (AvgIpc) is 2.37. The molecule has 1 aromatic carbocycles. The highest BCUT2D eigenvalue weighted by Crippen LogP contribution is 2.22. The Bertz CT molecular complexity index is 578. The Morgan fingerprint density at radius 3 is 2.58 bits per heavy atom. The van der Waals surface area contributed by atoms with Crippen molar-refractivity contribution in [2.24, 2.45) is 5.73 Å². The average molecular weight is 256 g/mol. The van der Waals surface area contributed by atoms with Gasteiger partial charge in [-0.1, -0.05) is 6.07 Å². The fraction of sp³-hybridized carbons (Fsp3) is 0.333. The van der Waals surface area contributed by atoms with Gasteiger partial charge < -0.3 is 11.1 Å². The summed E-state index contributed by atoms with van der Waals surface area (Å²) in [7, 11) is 0. The van der Waals surface area contributed by atoms with Gasteiger partial charge in [-0.2, -0.15) is 0 Å². The molecule has 0 bridgehead atoms. The molecule has 0 amide bonds. The van der Waals surface area contributed by atoms with Crippen molar-refractivity contribution in [1.29, 1.82) is 0 Å². The van der Waals surface area contributed by atoms with Gasteiger partial charge in [0, 0.05) is 18.3 Å². The molecule has 0 atom stereocenters. The van der Waals surface area contributed by atoms with Gasteiger partial charge in [-0.05, 0) is 56.1 Å². The molecule has 100 valence electrons. The summed E-state index contributed by atoms with van der Waals surface area (Å²) in [5.74, 6) is 1.58. The molecule has 0 aliphatic heterocycles. The topological polar surface area (TPSA) is 63.8 Å². The van der Waals surface area contributed by atoms with E-state index in [1.165, 1.54) is 16.7 Å². The van der Waals surface area contributed by atoms with Crippen LogP contribution in [-0.4, -0.2) is 16.5 Å². The molecule has 0 unspecified atom stereocenters. The summed E-state index contributed by atoms with van der Waals surface area (Å²) in [6, 6.07) is 6.20. The Balaban J connectivity index is 2.25. The smallest absolute Gasteiger partial charge is 0.134 e. The first-order valence-electron chi connectivity index (χ1n) is 6.47. The van der Waals surface area contributed by atoms with Crippen molar-refractivity contribution in [2.75, 3.05) is 11.9 Å². The molecular formula is C15H20N4. The normalized spacial score (nSPS) is 10.5. The number of rotatable bonds is 4. The number of aromatic nitrogens is 2. The van der Waals surface area contributed by atoms with E-state index in [1.807, 2.05) is 6.07 Å². The van der Waals surface area contributed by atoms with E-state index in [1.54, 1.807) is 6.20 Å². The number of aryl methyl sites for hydroxylation is 3. The van der Waals surface area contributed by atoms with Crippen molar-refractivity contribution >= 4 is 11.5 Å². The fourth-order valence-corrected chi connectivity index (χ4v) is 1.95. The molecule has 4 nitrogen and oxygen atoms in total. The Hall–Kier alpha value is -1.94. The van der Waals surface area contributed by atoms with E-state index in [2.05, 4.69) is 48.2 Å². The first-order valence-corrected chi connectivity index (χ1v) is 6.47. The lowest BCUT2D eigenvalue weighted by Crippen LogP contribution is -2.07. The van der Waals surface area contributed by atoms with Crippen LogP contribution in [0.3, 0.4) is 0 Å². The predicted molar refractivity (Wildman–Crippen MR) is 78.7 cm³/mol. The minimum atomic E-state index is 0.562. The summed E-state index contributed by atoms with van der Waals surface area (Å²) in [6.07, 6.45) is 2.46. The zero-order chi connectivity index (χ0) is 13.8. The highest BCUT2D eigenvalue weighted by Gasteiger charge is 2.04. The molecule has 4 heteroatoms. The molecular weight excluding hydrogens is 236 g/mol. The Kier molecular flexibility index (Phi) is 4.12. The first kappa shape index (κ1) is 13.5. The predicted octanol–water partition coefficient (Wildman–Crippen LogP) is 2.65. The standard InChI is InChI=1S/C15H20N4/c1-10-8-12(3)13(9-11(10)2)18-15-5-7-17-14(19-15)4-6-16/h5,7-9H,4,6,16H2,1-3H3,(H,17,18,19). The number of nitrogens with zero attached hydrogens (tertiary/aromatic N) is 2. The molecule has 0 radical (unpaired) electrons. The van der Waals surface area contributed by atoms with E-state index in [-0.39, 0.29) is 0 Å². The minimum absolute atomic E-state index is 0.562. The van der Waals surface area contributed by atoms with Gasteiger partial charge in [0.1, 0.15) is 11.6 Å². The second-order valence-electron chi connectivity index (χ2n) is 4.77. The maximum atomic E-state index is 5.52. The molecule has 0 saturated heterocycles. The van der Waals surface area contributed by atoms with Gasteiger partial charge in [-0.3, -0.25) is 0 Å². The molecule has 1 aromatic heterocycles. The number of benzene rings is 1. The van der Waals surface area contributed by atoms with Crippen molar-refractivity contribution in [2.45, 2.75) is 27.2 Å². The third-order valence-electron chi connectivity index (χ3n) is 3.18. The maximum Gasteiger partial charge on any atom is 0.134 e. The summed E-state index contributed by atoms with van der Waals surface area (Å²) < 4.78 is 0. The molecule has 3 N–H and O–H groups in total. The van der Waals surface area contributed by atoms with E-state index >= 15 is 0 Å². The van der Waals surface area contributed by atoms with Crippen LogP contribution >= 0.6 is 0 Å². The van der Waals surface area contributed by atoms with Crippen molar-refractivity contribution < 1.29 is 0 Å². The zero-order valence-electron chi connectivity index (χ0n) is 11.7. The monoisotopic (exact) mass is 256 g/mol. The number of hydrogen-bond acceptors (Lipinski definition) is 4. The summed E-state index contributed by atoms with van der Waals surface area (Å²) in [6.45, 7) is 6.89. The molecule has 2 aromatic rings. The minimum Gasteiger partial charge on any atom is -0.340 e. The first-order chi connectivity index (χ1) is 9.10. The lowest BCUT2D eigenvalue weighted by atomic mass is 10.1. The van der Waals surface area contributed by atoms with Crippen LogP contribution in [0.5, 0.6) is 0 Å². The van der Waals surface area contributed by atoms with Gasteiger partial charge in [0.25, 0.3) is 0 Å². The Morgan fingerprint density at radius 2 is 1.84 bits per heavy atom. The second kappa shape index (κ2) is 5.80. The Morgan fingerprint density at radius 1 is 1.11 bits per heavy atom. The number of anilines is 2. The highest BCUT2D eigenvalue weighted by molar-refractivity contribution is 5.62. The van der Waals surface area contributed by atoms with Gasteiger partial charge in [-0.25, -0.2) is 9.97 Å². The van der Waals surface area contributed by atoms with Crippen molar-refractivity contribution in [3.05, 3.63) is 46.9 Å². The SMILES string of the molecule is Cc1cc(C)c(Nc2ccnc(CCN)n2)cc1C. The van der Waals surface area contributed by atoms with Crippen molar-refractivity contribution in [1.82, 2.24) is 9.97 Å². The lowest BCUT2D eigenvalue weighted by Gasteiger charge is -2.12. The van der Waals surface area contributed by atoms with Crippen LogP contribution in [0, 0.1) is 20.8 Å². The van der Waals surface area contributed by atoms with Gasteiger partial charge in [0.05, 0.1) is 0 Å². The molecule has 0 fully saturated rings. The van der Waals surface area contributed by atoms with Crippen LogP contribution < -0.4 is 11.1 Å². The third-order valence-corrected chi connectivity index (χ3v) is 3.18. The summed E-state index contributed by atoms with van der Waals surface area (Å²) in [4.78, 5) is 8.64. The van der Waals surface area contributed by atoms with E-state index in [0.717, 1.165) is 17.3 Å². The lowest BCUT2D eigenvalue weighted by molar-refractivity contribution is 0.869. The number of hydrogen-bond donors (Lipinski definition) is 2. The van der Waals surface area contributed by atoms with Gasteiger partial charge in [0.15, 0.2) is 0 Å². The zero-order valence-corrected chi connectivity index (χ0v) is 11.7. The van der Waals surface area contributed by atoms with Crippen LogP contribution in [-0.2, 0) is 6.42 Å². The van der Waals surface area contributed by atoms with E-state index in [4.69, 9.17) is 5.73 Å². The molecule has 19 heavy (non-hydrogen) atoms. The quantitative estimate of drug-likeness (QED) is 0.882. The van der Waals surface area contributed by atoms with Crippen molar-refractivity contribution in [3.8, 4) is 0 Å². The van der Waals surface area contributed by atoms with Crippen LogP contribution in [0.25, 0.3) is 0 Å². The molecule has 2 rings (SSSR count). The van der Waals surface area contributed by atoms with Crippen LogP contribution in [0.2, 0.25) is 0 Å². The van der Waals surface area contributed by atoms with Crippen LogP contribution in [0.1, 0.15) is 22.5 Å². The second-order valence-corrected chi connectivity index (χ2v) is 4.77. The third kappa shape index (κ3) is 3.29. The Labute approximate surface area is 114 Å². The number of nitrogens with two attached hydrogens (primary N) is 1. The van der Waals surface area contributed by atoms with Crippen LogP contribution in [0.4, 0.5) is 11.5 Å².